The van der Waals surface area contributed by atoms with Gasteiger partial charge in [-0.05, 0) is 13.0 Å². The second kappa shape index (κ2) is 8.35. The van der Waals surface area contributed by atoms with E-state index in [2.05, 4.69) is 26.1 Å². The third-order valence-electron chi connectivity index (χ3n) is 3.43. The van der Waals surface area contributed by atoms with Gasteiger partial charge in [0.25, 0.3) is 17.5 Å². The van der Waals surface area contributed by atoms with Crippen molar-refractivity contribution in [2.75, 3.05) is 17.7 Å². The van der Waals surface area contributed by atoms with Crippen LogP contribution in [0.25, 0.3) is 0 Å². The Morgan fingerprint density at radius 1 is 1.18 bits per heavy atom. The van der Waals surface area contributed by atoms with Crippen LogP contribution >= 0.6 is 0 Å². The predicted octanol–water partition coefficient (Wildman–Crippen LogP) is 0.0567. The molecule has 0 saturated carbocycles. The molecule has 0 aliphatic heterocycles. The van der Waals surface area contributed by atoms with Gasteiger partial charge in [-0.25, -0.2) is 9.97 Å². The fraction of sp³-hybridized carbons (Fsp3) is 0.143. The molecule has 0 radical (unpaired) electrons. The van der Waals surface area contributed by atoms with Crippen LogP contribution in [0, 0.1) is 27.2 Å². The minimum absolute atomic E-state index is 0.00253. The normalized spacial score (nSPS) is 10.0. The maximum atomic E-state index is 12.0. The zero-order valence-electron chi connectivity index (χ0n) is 14.3. The summed E-state index contributed by atoms with van der Waals surface area (Å²) in [5, 5.41) is 24.1. The first-order valence-electron chi connectivity index (χ1n) is 7.53. The zero-order valence-corrected chi connectivity index (χ0v) is 14.3. The zero-order chi connectivity index (χ0) is 20.8. The first-order chi connectivity index (χ1) is 13.2. The average Bonchev–Trinajstić information content (AvgIpc) is 2.64. The van der Waals surface area contributed by atoms with Crippen molar-refractivity contribution in [1.29, 1.82) is 0 Å². The highest BCUT2D eigenvalue weighted by atomic mass is 16.6. The maximum absolute atomic E-state index is 12.0. The van der Waals surface area contributed by atoms with E-state index in [1.54, 1.807) is 0 Å². The molecule has 5 N–H and O–H groups in total. The van der Waals surface area contributed by atoms with Crippen molar-refractivity contribution in [3.8, 4) is 0 Å². The van der Waals surface area contributed by atoms with E-state index >= 15 is 0 Å². The number of anilines is 2. The molecule has 1 aromatic heterocycles. The van der Waals surface area contributed by atoms with Gasteiger partial charge < -0.3 is 11.1 Å². The Morgan fingerprint density at radius 3 is 2.54 bits per heavy atom. The molecule has 0 aliphatic carbocycles. The molecule has 28 heavy (non-hydrogen) atoms. The van der Waals surface area contributed by atoms with E-state index in [0.717, 1.165) is 12.4 Å². The van der Waals surface area contributed by atoms with Crippen LogP contribution in [0.2, 0.25) is 0 Å². The number of nitro benzene ring substituents is 1. The number of carbonyl (C=O) groups is 2. The van der Waals surface area contributed by atoms with Crippen LogP contribution in [0.5, 0.6) is 0 Å². The van der Waals surface area contributed by atoms with Gasteiger partial charge in [0.2, 0.25) is 11.6 Å². The van der Waals surface area contributed by atoms with E-state index < -0.39 is 39.7 Å². The van der Waals surface area contributed by atoms with Gasteiger partial charge in [0.1, 0.15) is 6.33 Å². The molecule has 1 aromatic carbocycles. The lowest BCUT2D eigenvalue weighted by atomic mass is 10.1. The van der Waals surface area contributed by atoms with Gasteiger partial charge in [0.15, 0.2) is 0 Å². The van der Waals surface area contributed by atoms with Crippen molar-refractivity contribution in [1.82, 2.24) is 20.7 Å². The molecule has 2 aromatic rings. The lowest BCUT2D eigenvalue weighted by molar-refractivity contribution is -0.385. The third kappa shape index (κ3) is 4.63. The number of nitrogens with one attached hydrogen (secondary N) is 3. The molecule has 14 nitrogen and oxygen atoms in total. The molecule has 0 bridgehead atoms. The SMILES string of the molecule is Cc1ccc(C(=O)NCC(=O)NNc2ncnc(N)c2[N+](=O)[O-])cc1[N+](=O)[O-]. The summed E-state index contributed by atoms with van der Waals surface area (Å²) in [6, 6.07) is 3.88. The summed E-state index contributed by atoms with van der Waals surface area (Å²) >= 11 is 0. The minimum Gasteiger partial charge on any atom is -0.378 e. The number of nitrogens with two attached hydrogens (primary N) is 1. The number of carbonyl (C=O) groups excluding carboxylic acids is 2. The summed E-state index contributed by atoms with van der Waals surface area (Å²) < 4.78 is 0. The second-order valence-electron chi connectivity index (χ2n) is 5.33. The van der Waals surface area contributed by atoms with Gasteiger partial charge in [0, 0.05) is 17.2 Å². The van der Waals surface area contributed by atoms with Gasteiger partial charge in [-0.3, -0.25) is 40.7 Å². The summed E-state index contributed by atoms with van der Waals surface area (Å²) in [5.74, 6) is -2.21. The first-order valence-corrected chi connectivity index (χ1v) is 7.53. The summed E-state index contributed by atoms with van der Waals surface area (Å²) in [5.41, 5.74) is 9.23. The molecule has 0 aliphatic rings. The van der Waals surface area contributed by atoms with Crippen LogP contribution in [0.4, 0.5) is 23.0 Å². The fourth-order valence-electron chi connectivity index (χ4n) is 2.05. The molecule has 1 heterocycles. The molecular formula is C14H14N8O6. The summed E-state index contributed by atoms with van der Waals surface area (Å²) in [7, 11) is 0. The minimum atomic E-state index is -0.824. The highest BCUT2D eigenvalue weighted by Gasteiger charge is 2.21. The van der Waals surface area contributed by atoms with Crippen LogP contribution < -0.4 is 21.9 Å². The van der Waals surface area contributed by atoms with E-state index in [0.29, 0.717) is 5.56 Å². The number of nitrogen functional groups attached to an aromatic ring is 1. The number of nitrogens with zero attached hydrogens (tertiary/aromatic N) is 4. The van der Waals surface area contributed by atoms with Crippen LogP contribution in [0.1, 0.15) is 15.9 Å². The molecule has 14 heteroatoms. The van der Waals surface area contributed by atoms with Gasteiger partial charge >= 0.3 is 5.69 Å². The molecule has 2 amide bonds. The van der Waals surface area contributed by atoms with E-state index in [1.165, 1.54) is 19.1 Å². The molecule has 0 spiro atoms. The monoisotopic (exact) mass is 390 g/mol. The molecule has 0 fully saturated rings. The van der Waals surface area contributed by atoms with Crippen molar-refractivity contribution in [3.63, 3.8) is 0 Å². The van der Waals surface area contributed by atoms with Crippen LogP contribution in [-0.4, -0.2) is 38.2 Å². The summed E-state index contributed by atoms with van der Waals surface area (Å²) in [6.07, 6.45) is 0.961. The number of aromatic nitrogens is 2. The molecular weight excluding hydrogens is 376 g/mol. The van der Waals surface area contributed by atoms with Crippen molar-refractivity contribution in [3.05, 3.63) is 55.9 Å². The van der Waals surface area contributed by atoms with Gasteiger partial charge in [-0.15, -0.1) is 0 Å². The highest BCUT2D eigenvalue weighted by molar-refractivity contribution is 5.97. The second-order valence-corrected chi connectivity index (χ2v) is 5.33. The van der Waals surface area contributed by atoms with Gasteiger partial charge in [0.05, 0.1) is 16.4 Å². The van der Waals surface area contributed by atoms with Crippen molar-refractivity contribution in [2.45, 2.75) is 6.92 Å². The van der Waals surface area contributed by atoms with Gasteiger partial charge in [-0.2, -0.15) is 0 Å². The first kappa shape index (κ1) is 20.0. The topological polar surface area (TPSA) is 208 Å². The Kier molecular flexibility index (Phi) is 5.95. The molecule has 146 valence electrons. The van der Waals surface area contributed by atoms with Crippen LogP contribution in [0.3, 0.4) is 0 Å². The van der Waals surface area contributed by atoms with Crippen LogP contribution in [-0.2, 0) is 4.79 Å². The highest BCUT2D eigenvalue weighted by Crippen LogP contribution is 2.25. The Balaban J connectivity index is 1.96. The Hall–Kier alpha value is -4.36. The number of hydrogen-bond donors (Lipinski definition) is 4. The largest absolute Gasteiger partial charge is 0.378 e. The Morgan fingerprint density at radius 2 is 1.89 bits per heavy atom. The van der Waals surface area contributed by atoms with E-state index in [1.807, 2.05) is 0 Å². The summed E-state index contributed by atoms with van der Waals surface area (Å²) in [4.78, 5) is 51.3. The Bertz CT molecular complexity index is 963. The Labute approximate surface area is 156 Å². The van der Waals surface area contributed by atoms with Crippen molar-refractivity contribution >= 4 is 34.8 Å². The average molecular weight is 390 g/mol. The quantitative estimate of drug-likeness (QED) is 0.369. The van der Waals surface area contributed by atoms with E-state index in [4.69, 9.17) is 5.73 Å². The number of hydrazine groups is 1. The molecule has 0 atom stereocenters. The molecule has 0 unspecified atom stereocenters. The lowest BCUT2D eigenvalue weighted by Gasteiger charge is -2.09. The van der Waals surface area contributed by atoms with Crippen LogP contribution in [0.15, 0.2) is 24.5 Å². The summed E-state index contributed by atoms with van der Waals surface area (Å²) in [6.45, 7) is 1.01. The molecule has 2 rings (SSSR count). The van der Waals surface area contributed by atoms with E-state index in [-0.39, 0.29) is 17.1 Å². The number of aryl methyl sites for hydroxylation is 1. The number of nitro groups is 2. The van der Waals surface area contributed by atoms with Gasteiger partial charge in [-0.1, -0.05) is 6.07 Å². The predicted molar refractivity (Wildman–Crippen MR) is 95.0 cm³/mol. The van der Waals surface area contributed by atoms with Crippen molar-refractivity contribution in [2.24, 2.45) is 0 Å². The number of benzene rings is 1. The molecule has 0 saturated heterocycles. The fourth-order valence-corrected chi connectivity index (χ4v) is 2.05. The smallest absolute Gasteiger partial charge is 0.354 e. The van der Waals surface area contributed by atoms with E-state index in [9.17, 15) is 29.8 Å². The number of amides is 2. The lowest BCUT2D eigenvalue weighted by Crippen LogP contribution is -2.39. The van der Waals surface area contributed by atoms with Crippen molar-refractivity contribution < 1.29 is 19.4 Å². The number of rotatable bonds is 7. The number of hydrogen-bond acceptors (Lipinski definition) is 10. The maximum Gasteiger partial charge on any atom is 0.354 e. The standard InChI is InChI=1S/C14H14N8O6/c1-7-2-3-8(4-9(7)21(25)26)14(24)16-5-10(23)19-20-13-11(22(27)28)12(15)17-6-18-13/h2-4,6H,5H2,1H3,(H,16,24)(H,19,23)(H3,15,17,18,20). The third-order valence-corrected chi connectivity index (χ3v) is 3.43.